The summed E-state index contributed by atoms with van der Waals surface area (Å²) in [6, 6.07) is 3.79. The second-order valence-corrected chi connectivity index (χ2v) is 11.9. The Kier molecular flexibility index (Phi) is 11.8. The summed E-state index contributed by atoms with van der Waals surface area (Å²) < 4.78 is 10.4. The number of carbonyl (C=O) groups excluding carboxylic acids is 4. The molecule has 1 aromatic rings. The number of aryl methyl sites for hydroxylation is 2. The summed E-state index contributed by atoms with van der Waals surface area (Å²) in [5.41, 5.74) is 0.981. The largest absolute Gasteiger partial charge is 0.466 e. The molecule has 0 aromatic heterocycles. The molecule has 0 aliphatic carbocycles. The number of nitrogens with one attached hydrogen (secondary N) is 2. The molecule has 0 bridgehead atoms. The van der Waals surface area contributed by atoms with Crippen molar-refractivity contribution in [2.45, 2.75) is 106 Å². The Hall–Kier alpha value is -3.10. The van der Waals surface area contributed by atoms with Crippen LogP contribution in [0.1, 0.15) is 91.5 Å². The van der Waals surface area contributed by atoms with Crippen LogP contribution in [0.25, 0.3) is 0 Å². The van der Waals surface area contributed by atoms with Gasteiger partial charge in [-0.1, -0.05) is 43.2 Å². The van der Waals surface area contributed by atoms with E-state index < -0.39 is 47.1 Å². The molecule has 1 rings (SSSR count). The number of rotatable bonds is 10. The molecule has 2 atom stereocenters. The molecule has 0 spiro atoms. The second-order valence-electron chi connectivity index (χ2n) is 11.9. The minimum absolute atomic E-state index is 0.0113. The SMILES string of the molecule is CCOC(=O)CCNC(=O)C(c1cc(C)cc(C)c1)N(C(=O)C(NC(=O)OC(C)(C)C)C(C)C)C(C)(C)C. The molecule has 9 heteroatoms. The van der Waals surface area contributed by atoms with Gasteiger partial charge in [0.2, 0.25) is 11.8 Å². The van der Waals surface area contributed by atoms with Gasteiger partial charge in [0.25, 0.3) is 0 Å². The van der Waals surface area contributed by atoms with Crippen LogP contribution in [0, 0.1) is 19.8 Å². The third-order valence-electron chi connectivity index (χ3n) is 5.57. The first-order valence-corrected chi connectivity index (χ1v) is 13.2. The zero-order valence-corrected chi connectivity index (χ0v) is 25.0. The van der Waals surface area contributed by atoms with Crippen LogP contribution < -0.4 is 10.6 Å². The Bertz CT molecular complexity index is 971. The predicted molar refractivity (Wildman–Crippen MR) is 148 cm³/mol. The van der Waals surface area contributed by atoms with Crippen LogP contribution in [0.3, 0.4) is 0 Å². The van der Waals surface area contributed by atoms with Crippen LogP contribution in [0.15, 0.2) is 18.2 Å². The number of esters is 1. The zero-order chi connectivity index (χ0) is 29.4. The van der Waals surface area contributed by atoms with E-state index in [9.17, 15) is 19.2 Å². The van der Waals surface area contributed by atoms with Gasteiger partial charge in [-0.15, -0.1) is 0 Å². The van der Waals surface area contributed by atoms with Crippen molar-refractivity contribution in [1.82, 2.24) is 15.5 Å². The highest BCUT2D eigenvalue weighted by molar-refractivity contribution is 5.93. The zero-order valence-electron chi connectivity index (χ0n) is 25.0. The highest BCUT2D eigenvalue weighted by Crippen LogP contribution is 2.32. The minimum atomic E-state index is -1.01. The molecule has 0 radical (unpaired) electrons. The molecular formula is C29H47N3O6. The lowest BCUT2D eigenvalue weighted by atomic mass is 9.92. The van der Waals surface area contributed by atoms with Crippen LogP contribution in [0.2, 0.25) is 0 Å². The van der Waals surface area contributed by atoms with E-state index in [2.05, 4.69) is 10.6 Å². The van der Waals surface area contributed by atoms with Gasteiger partial charge in [0.05, 0.1) is 13.0 Å². The summed E-state index contributed by atoms with van der Waals surface area (Å²) in [6.07, 6.45) is -0.697. The Morgan fingerprint density at radius 3 is 1.95 bits per heavy atom. The first-order valence-electron chi connectivity index (χ1n) is 13.2. The van der Waals surface area contributed by atoms with E-state index >= 15 is 0 Å². The summed E-state index contributed by atoms with van der Waals surface area (Å²) in [4.78, 5) is 53.9. The fourth-order valence-electron chi connectivity index (χ4n) is 4.15. The first kappa shape index (κ1) is 32.9. The standard InChI is InChI=1S/C29H47N3O6/c1-12-37-22(33)13-14-30-25(34)24(21-16-19(4)15-20(5)17-21)32(28(6,7)8)26(35)23(18(2)3)31-27(36)38-29(9,10)11/h15-18,23-24H,12-14H2,1-11H3,(H,30,34)(H,31,36). The molecule has 0 heterocycles. The summed E-state index contributed by atoms with van der Waals surface area (Å²) in [5, 5.41) is 5.53. The fourth-order valence-corrected chi connectivity index (χ4v) is 4.15. The number of nitrogens with zero attached hydrogens (tertiary/aromatic N) is 1. The van der Waals surface area contributed by atoms with Crippen LogP contribution in [-0.2, 0) is 23.9 Å². The topological polar surface area (TPSA) is 114 Å². The second kappa shape index (κ2) is 13.6. The number of benzene rings is 1. The number of amides is 3. The average molecular weight is 534 g/mol. The van der Waals surface area contributed by atoms with Crippen molar-refractivity contribution in [3.8, 4) is 0 Å². The van der Waals surface area contributed by atoms with Crippen LogP contribution in [0.4, 0.5) is 4.79 Å². The Balaban J connectivity index is 3.53. The molecule has 0 aliphatic heterocycles. The smallest absolute Gasteiger partial charge is 0.408 e. The summed E-state index contributed by atoms with van der Waals surface area (Å²) in [7, 11) is 0. The van der Waals surface area contributed by atoms with E-state index in [1.54, 1.807) is 27.7 Å². The summed E-state index contributed by atoms with van der Waals surface area (Å²) in [6.45, 7) is 20.3. The molecule has 0 fully saturated rings. The van der Waals surface area contributed by atoms with Crippen molar-refractivity contribution in [3.05, 3.63) is 34.9 Å². The van der Waals surface area contributed by atoms with E-state index in [1.807, 2.05) is 66.7 Å². The lowest BCUT2D eigenvalue weighted by Crippen LogP contribution is -2.60. The maximum atomic E-state index is 14.2. The first-order chi connectivity index (χ1) is 17.4. The van der Waals surface area contributed by atoms with Crippen LogP contribution >= 0.6 is 0 Å². The number of carbonyl (C=O) groups is 4. The van der Waals surface area contributed by atoms with Crippen LogP contribution in [0.5, 0.6) is 0 Å². The third kappa shape index (κ3) is 10.3. The van der Waals surface area contributed by atoms with Gasteiger partial charge in [-0.3, -0.25) is 14.4 Å². The fraction of sp³-hybridized carbons (Fsp3) is 0.655. The molecule has 38 heavy (non-hydrogen) atoms. The van der Waals surface area contributed by atoms with E-state index in [-0.39, 0.29) is 25.5 Å². The Morgan fingerprint density at radius 2 is 1.50 bits per heavy atom. The van der Waals surface area contributed by atoms with Gasteiger partial charge in [0.15, 0.2) is 0 Å². The van der Waals surface area contributed by atoms with Gasteiger partial charge in [0.1, 0.15) is 17.7 Å². The molecule has 0 saturated carbocycles. The van der Waals surface area contributed by atoms with E-state index in [0.717, 1.165) is 11.1 Å². The Labute approximate surface area is 228 Å². The van der Waals surface area contributed by atoms with E-state index in [1.165, 1.54) is 4.90 Å². The molecule has 9 nitrogen and oxygen atoms in total. The van der Waals surface area contributed by atoms with Crippen molar-refractivity contribution in [2.75, 3.05) is 13.2 Å². The maximum Gasteiger partial charge on any atom is 0.408 e. The van der Waals surface area contributed by atoms with Crippen LogP contribution in [-0.4, -0.2) is 59.1 Å². The summed E-state index contributed by atoms with van der Waals surface area (Å²) in [5.74, 6) is -1.54. The highest BCUT2D eigenvalue weighted by atomic mass is 16.6. The number of hydrogen-bond donors (Lipinski definition) is 2. The monoisotopic (exact) mass is 533 g/mol. The molecule has 1 aromatic carbocycles. The van der Waals surface area contributed by atoms with Gasteiger partial charge in [-0.05, 0) is 73.8 Å². The molecule has 2 N–H and O–H groups in total. The van der Waals surface area contributed by atoms with Crippen molar-refractivity contribution in [1.29, 1.82) is 0 Å². The predicted octanol–water partition coefficient (Wildman–Crippen LogP) is 4.59. The lowest BCUT2D eigenvalue weighted by Gasteiger charge is -2.43. The molecular weight excluding hydrogens is 486 g/mol. The van der Waals surface area contributed by atoms with Crippen molar-refractivity contribution >= 4 is 23.9 Å². The molecule has 3 amide bonds. The van der Waals surface area contributed by atoms with Crippen molar-refractivity contribution < 1.29 is 28.7 Å². The van der Waals surface area contributed by atoms with E-state index in [0.29, 0.717) is 5.56 Å². The summed E-state index contributed by atoms with van der Waals surface area (Å²) >= 11 is 0. The van der Waals surface area contributed by atoms with E-state index in [4.69, 9.17) is 9.47 Å². The highest BCUT2D eigenvalue weighted by Gasteiger charge is 2.42. The molecule has 2 unspecified atom stereocenters. The normalized spacial score (nSPS) is 13.4. The van der Waals surface area contributed by atoms with Gasteiger partial charge in [0, 0.05) is 12.1 Å². The van der Waals surface area contributed by atoms with Gasteiger partial charge >= 0.3 is 12.1 Å². The molecule has 0 aliphatic rings. The number of ether oxygens (including phenoxy) is 2. The third-order valence-corrected chi connectivity index (χ3v) is 5.57. The van der Waals surface area contributed by atoms with Crippen molar-refractivity contribution in [2.24, 2.45) is 5.92 Å². The van der Waals surface area contributed by atoms with Gasteiger partial charge < -0.3 is 25.0 Å². The number of hydrogen-bond acceptors (Lipinski definition) is 6. The molecule has 0 saturated heterocycles. The van der Waals surface area contributed by atoms with Gasteiger partial charge in [-0.25, -0.2) is 4.79 Å². The lowest BCUT2D eigenvalue weighted by molar-refractivity contribution is -0.149. The quantitative estimate of drug-likeness (QED) is 0.425. The maximum absolute atomic E-state index is 14.2. The number of alkyl carbamates (subject to hydrolysis) is 1. The van der Waals surface area contributed by atoms with Crippen molar-refractivity contribution in [3.63, 3.8) is 0 Å². The minimum Gasteiger partial charge on any atom is -0.466 e. The molecule has 214 valence electrons. The average Bonchev–Trinajstić information content (AvgIpc) is 2.72. The Morgan fingerprint density at radius 1 is 0.947 bits per heavy atom. The van der Waals surface area contributed by atoms with Gasteiger partial charge in [-0.2, -0.15) is 0 Å².